The van der Waals surface area contributed by atoms with Gasteiger partial charge in [-0.25, -0.2) is 4.39 Å². The molecule has 3 nitrogen and oxygen atoms in total. The lowest BCUT2D eigenvalue weighted by atomic mass is 10.1. The summed E-state index contributed by atoms with van der Waals surface area (Å²) in [6.07, 6.45) is 1.94. The molecule has 1 atom stereocenters. The largest absolute Gasteiger partial charge is 0.397 e. The highest BCUT2D eigenvalue weighted by molar-refractivity contribution is 6.33. The van der Waals surface area contributed by atoms with Gasteiger partial charge in [-0.05, 0) is 19.4 Å². The van der Waals surface area contributed by atoms with Crippen LogP contribution < -0.4 is 16.8 Å². The first-order chi connectivity index (χ1) is 7.47. The van der Waals surface area contributed by atoms with Crippen molar-refractivity contribution in [1.29, 1.82) is 0 Å². The summed E-state index contributed by atoms with van der Waals surface area (Å²) in [4.78, 5) is 0. The Kier molecular flexibility index (Phi) is 4.24. The third kappa shape index (κ3) is 2.70. The van der Waals surface area contributed by atoms with Crippen molar-refractivity contribution in [2.75, 3.05) is 16.8 Å². The Morgan fingerprint density at radius 3 is 2.62 bits per heavy atom. The molecule has 90 valence electrons. The molecule has 5 heteroatoms. The van der Waals surface area contributed by atoms with Crippen LogP contribution in [0.3, 0.4) is 0 Å². The first-order valence-electron chi connectivity index (χ1n) is 5.26. The predicted octanol–water partition coefficient (Wildman–Crippen LogP) is 3.24. The molecule has 0 fully saturated rings. The van der Waals surface area contributed by atoms with Gasteiger partial charge in [0.05, 0.1) is 17.1 Å². The maximum absolute atomic E-state index is 13.8. The second-order valence-corrected chi connectivity index (χ2v) is 4.27. The van der Waals surface area contributed by atoms with Crippen molar-refractivity contribution in [2.24, 2.45) is 0 Å². The number of halogens is 2. The quantitative estimate of drug-likeness (QED) is 0.714. The summed E-state index contributed by atoms with van der Waals surface area (Å²) in [6.45, 7) is 4.03. The lowest BCUT2D eigenvalue weighted by Gasteiger charge is -2.18. The highest BCUT2D eigenvalue weighted by atomic mass is 35.5. The van der Waals surface area contributed by atoms with Gasteiger partial charge in [0.2, 0.25) is 0 Å². The fourth-order valence-electron chi connectivity index (χ4n) is 1.56. The Morgan fingerprint density at radius 2 is 2.06 bits per heavy atom. The Hall–Kier alpha value is -1.16. The van der Waals surface area contributed by atoms with Crippen LogP contribution in [-0.4, -0.2) is 6.04 Å². The molecule has 0 bridgehead atoms. The summed E-state index contributed by atoms with van der Waals surface area (Å²) >= 11 is 5.72. The molecule has 1 unspecified atom stereocenters. The van der Waals surface area contributed by atoms with Gasteiger partial charge >= 0.3 is 0 Å². The second-order valence-electron chi connectivity index (χ2n) is 3.89. The number of benzene rings is 1. The molecule has 0 saturated heterocycles. The zero-order valence-corrected chi connectivity index (χ0v) is 10.2. The highest BCUT2D eigenvalue weighted by Gasteiger charge is 2.15. The maximum Gasteiger partial charge on any atom is 0.169 e. The van der Waals surface area contributed by atoms with Crippen molar-refractivity contribution in [2.45, 2.75) is 32.7 Å². The smallest absolute Gasteiger partial charge is 0.169 e. The molecule has 1 aromatic rings. The molecule has 5 N–H and O–H groups in total. The molecule has 0 saturated carbocycles. The minimum Gasteiger partial charge on any atom is -0.397 e. The molecule has 1 aromatic carbocycles. The molecule has 0 aliphatic carbocycles. The van der Waals surface area contributed by atoms with Crippen molar-refractivity contribution in [3.8, 4) is 0 Å². The topological polar surface area (TPSA) is 64.1 Å². The first kappa shape index (κ1) is 12.9. The summed E-state index contributed by atoms with van der Waals surface area (Å²) in [5, 5.41) is 2.92. The van der Waals surface area contributed by atoms with E-state index in [2.05, 4.69) is 12.2 Å². The lowest BCUT2D eigenvalue weighted by molar-refractivity contribution is 0.622. The zero-order valence-electron chi connectivity index (χ0n) is 9.48. The number of nitrogens with one attached hydrogen (secondary N) is 1. The Morgan fingerprint density at radius 1 is 1.44 bits per heavy atom. The van der Waals surface area contributed by atoms with Gasteiger partial charge in [0, 0.05) is 6.04 Å². The van der Waals surface area contributed by atoms with E-state index in [-0.39, 0.29) is 28.1 Å². The van der Waals surface area contributed by atoms with Crippen LogP contribution >= 0.6 is 11.6 Å². The van der Waals surface area contributed by atoms with Crippen LogP contribution in [0.1, 0.15) is 26.7 Å². The molecular weight excluding hydrogens is 229 g/mol. The third-order valence-electron chi connectivity index (χ3n) is 2.38. The summed E-state index contributed by atoms with van der Waals surface area (Å²) in [7, 11) is 0. The SMILES string of the molecule is CCCC(C)Nc1c(N)cc(N)c(Cl)c1F. The van der Waals surface area contributed by atoms with Crippen molar-refractivity contribution < 1.29 is 4.39 Å². The zero-order chi connectivity index (χ0) is 12.3. The van der Waals surface area contributed by atoms with E-state index >= 15 is 0 Å². The molecule has 0 radical (unpaired) electrons. The van der Waals surface area contributed by atoms with Gasteiger partial charge in [0.25, 0.3) is 0 Å². The number of hydrogen-bond donors (Lipinski definition) is 3. The molecule has 0 spiro atoms. The summed E-state index contributed by atoms with van der Waals surface area (Å²) < 4.78 is 13.8. The highest BCUT2D eigenvalue weighted by Crippen LogP contribution is 2.34. The summed E-state index contributed by atoms with van der Waals surface area (Å²) in [5.41, 5.74) is 11.9. The van der Waals surface area contributed by atoms with E-state index in [4.69, 9.17) is 23.1 Å². The molecule has 0 aliphatic heterocycles. The average Bonchev–Trinajstić information content (AvgIpc) is 2.22. The monoisotopic (exact) mass is 245 g/mol. The average molecular weight is 246 g/mol. The minimum atomic E-state index is -0.581. The van der Waals surface area contributed by atoms with Gasteiger partial charge in [-0.2, -0.15) is 0 Å². The number of nitrogen functional groups attached to an aromatic ring is 2. The van der Waals surface area contributed by atoms with Crippen molar-refractivity contribution in [3.05, 3.63) is 16.9 Å². The van der Waals surface area contributed by atoms with Gasteiger partial charge in [-0.1, -0.05) is 24.9 Å². The lowest BCUT2D eigenvalue weighted by Crippen LogP contribution is -2.17. The van der Waals surface area contributed by atoms with Crippen LogP contribution in [0.15, 0.2) is 6.07 Å². The molecule has 0 aromatic heterocycles. The summed E-state index contributed by atoms with van der Waals surface area (Å²) in [6, 6.07) is 1.60. The summed E-state index contributed by atoms with van der Waals surface area (Å²) in [5.74, 6) is -0.581. The second kappa shape index (κ2) is 5.25. The van der Waals surface area contributed by atoms with E-state index in [1.54, 1.807) is 0 Å². The fraction of sp³-hybridized carbons (Fsp3) is 0.455. The number of hydrogen-bond acceptors (Lipinski definition) is 3. The first-order valence-corrected chi connectivity index (χ1v) is 5.64. The third-order valence-corrected chi connectivity index (χ3v) is 2.76. The van der Waals surface area contributed by atoms with Crippen LogP contribution in [-0.2, 0) is 0 Å². The van der Waals surface area contributed by atoms with E-state index in [1.807, 2.05) is 6.92 Å². The van der Waals surface area contributed by atoms with Crippen LogP contribution in [0.25, 0.3) is 0 Å². The normalized spacial score (nSPS) is 12.5. The van der Waals surface area contributed by atoms with E-state index in [0.717, 1.165) is 12.8 Å². The van der Waals surface area contributed by atoms with Crippen LogP contribution in [0, 0.1) is 5.82 Å². The molecule has 0 heterocycles. The number of rotatable bonds is 4. The van der Waals surface area contributed by atoms with E-state index in [9.17, 15) is 4.39 Å². The number of anilines is 3. The van der Waals surface area contributed by atoms with Crippen LogP contribution in [0.5, 0.6) is 0 Å². The van der Waals surface area contributed by atoms with Gasteiger partial charge in [0.15, 0.2) is 5.82 Å². The van der Waals surface area contributed by atoms with Gasteiger partial charge in [-0.3, -0.25) is 0 Å². The van der Waals surface area contributed by atoms with Crippen molar-refractivity contribution >= 4 is 28.7 Å². The maximum atomic E-state index is 13.8. The molecule has 0 amide bonds. The molecule has 0 aliphatic rings. The standard InChI is InChI=1S/C11H17ClFN3/c1-3-4-6(2)16-11-8(15)5-7(14)9(12)10(11)13/h5-6,16H,3-4,14-15H2,1-2H3. The molecule has 1 rings (SSSR count). The fourth-order valence-corrected chi connectivity index (χ4v) is 1.71. The van der Waals surface area contributed by atoms with Crippen molar-refractivity contribution in [1.82, 2.24) is 0 Å². The Labute approximate surface area is 100.0 Å². The van der Waals surface area contributed by atoms with E-state index in [1.165, 1.54) is 6.07 Å². The molecular formula is C11H17ClFN3. The Bertz CT molecular complexity index is 382. The van der Waals surface area contributed by atoms with Gasteiger partial charge < -0.3 is 16.8 Å². The minimum absolute atomic E-state index is 0.0830. The predicted molar refractivity (Wildman–Crippen MR) is 68.2 cm³/mol. The molecule has 16 heavy (non-hydrogen) atoms. The van der Waals surface area contributed by atoms with Gasteiger partial charge in [0.1, 0.15) is 5.02 Å². The number of nitrogens with two attached hydrogens (primary N) is 2. The van der Waals surface area contributed by atoms with E-state index in [0.29, 0.717) is 0 Å². The van der Waals surface area contributed by atoms with E-state index < -0.39 is 5.82 Å². The van der Waals surface area contributed by atoms with Crippen molar-refractivity contribution in [3.63, 3.8) is 0 Å². The van der Waals surface area contributed by atoms with Crippen LogP contribution in [0.2, 0.25) is 5.02 Å². The van der Waals surface area contributed by atoms with Crippen LogP contribution in [0.4, 0.5) is 21.5 Å². The van der Waals surface area contributed by atoms with Gasteiger partial charge in [-0.15, -0.1) is 0 Å². The Balaban J connectivity index is 3.00.